The van der Waals surface area contributed by atoms with Crippen molar-refractivity contribution in [3.63, 3.8) is 0 Å². The van der Waals surface area contributed by atoms with Gasteiger partial charge < -0.3 is 13.8 Å². The summed E-state index contributed by atoms with van der Waals surface area (Å²) < 4.78 is 18.1. The lowest BCUT2D eigenvalue weighted by Crippen LogP contribution is -2.56. The van der Waals surface area contributed by atoms with Crippen molar-refractivity contribution in [1.29, 1.82) is 0 Å². The number of hydroxylamine groups is 2. The highest BCUT2D eigenvalue weighted by Crippen LogP contribution is 2.41. The van der Waals surface area contributed by atoms with Crippen molar-refractivity contribution in [2.75, 3.05) is 7.11 Å². The lowest BCUT2D eigenvalue weighted by atomic mass is 10.0. The van der Waals surface area contributed by atoms with Gasteiger partial charge in [-0.3, -0.25) is 4.79 Å². The summed E-state index contributed by atoms with van der Waals surface area (Å²) in [5.41, 5.74) is 0. The summed E-state index contributed by atoms with van der Waals surface area (Å²) in [5.74, 6) is -0.0602. The molecule has 0 aromatic heterocycles. The summed E-state index contributed by atoms with van der Waals surface area (Å²) >= 11 is 0. The zero-order chi connectivity index (χ0) is 21.1. The van der Waals surface area contributed by atoms with Crippen molar-refractivity contribution in [3.05, 3.63) is 0 Å². The number of ether oxygens (including phenoxy) is 1. The second kappa shape index (κ2) is 8.86. The Morgan fingerprint density at radius 3 is 1.46 bits per heavy atom. The van der Waals surface area contributed by atoms with Crippen LogP contribution in [0.5, 0.6) is 0 Å². The maximum absolute atomic E-state index is 12.0. The molecule has 0 fully saturated rings. The minimum atomic E-state index is -2.13. The van der Waals surface area contributed by atoms with E-state index in [1.807, 2.05) is 0 Å². The number of rotatable bonds is 8. The minimum absolute atomic E-state index is 0.0365. The van der Waals surface area contributed by atoms with E-state index >= 15 is 0 Å². The van der Waals surface area contributed by atoms with E-state index in [0.717, 1.165) is 0 Å². The Balaban J connectivity index is 5.89. The van der Waals surface area contributed by atoms with E-state index in [1.54, 1.807) is 5.23 Å². The predicted molar refractivity (Wildman–Crippen MR) is 114 cm³/mol. The molecule has 5 nitrogen and oxygen atoms in total. The van der Waals surface area contributed by atoms with Crippen LogP contribution in [0.2, 0.25) is 36.3 Å². The molecule has 0 aromatic rings. The molecule has 0 saturated heterocycles. The van der Waals surface area contributed by atoms with Gasteiger partial charge in [-0.1, -0.05) is 60.6 Å². The monoisotopic (exact) mass is 405 g/mol. The molecular weight excluding hydrogens is 362 g/mol. The fourth-order valence-electron chi connectivity index (χ4n) is 1.69. The lowest BCUT2D eigenvalue weighted by molar-refractivity contribution is -0.308. The largest absolute Gasteiger partial charge is 0.469 e. The van der Waals surface area contributed by atoms with E-state index in [2.05, 4.69) is 81.6 Å². The van der Waals surface area contributed by atoms with Gasteiger partial charge in [0.15, 0.2) is 0 Å². The van der Waals surface area contributed by atoms with Gasteiger partial charge >= 0.3 is 5.97 Å². The third-order valence-electron chi connectivity index (χ3n) is 5.89. The quantitative estimate of drug-likeness (QED) is 0.292. The Morgan fingerprint density at radius 2 is 1.23 bits per heavy atom. The second-order valence-electron chi connectivity index (χ2n) is 10.6. The Hall–Kier alpha value is -0.216. The molecule has 0 saturated carbocycles. The number of carbonyl (C=O) groups is 1. The molecule has 1 atom stereocenters. The van der Waals surface area contributed by atoms with E-state index < -0.39 is 16.6 Å². The highest BCUT2D eigenvalue weighted by molar-refractivity contribution is 6.74. The summed E-state index contributed by atoms with van der Waals surface area (Å²) in [4.78, 5) is 12.0. The zero-order valence-electron chi connectivity index (χ0n) is 19.4. The van der Waals surface area contributed by atoms with Gasteiger partial charge in [0.2, 0.25) is 16.6 Å². The van der Waals surface area contributed by atoms with Crippen LogP contribution in [0.1, 0.15) is 61.8 Å². The van der Waals surface area contributed by atoms with Crippen molar-refractivity contribution >= 4 is 22.6 Å². The van der Waals surface area contributed by atoms with E-state index in [0.29, 0.717) is 0 Å². The minimum Gasteiger partial charge on any atom is -0.469 e. The molecule has 0 aliphatic rings. The summed E-state index contributed by atoms with van der Waals surface area (Å²) in [6.07, 6.45) is 0.247. The maximum atomic E-state index is 12.0. The number of hydrogen-bond donors (Lipinski definition) is 0. The fourth-order valence-corrected chi connectivity index (χ4v) is 3.55. The molecule has 0 unspecified atom stereocenters. The molecule has 0 heterocycles. The van der Waals surface area contributed by atoms with Crippen LogP contribution in [0.25, 0.3) is 0 Å². The van der Waals surface area contributed by atoms with Gasteiger partial charge in [-0.15, -0.1) is 0 Å². The Bertz CT molecular complexity index is 437. The second-order valence-corrected chi connectivity index (χ2v) is 20.0. The fraction of sp³-hybridized carbons (Fsp3) is 0.947. The molecule has 0 N–H and O–H groups in total. The SMILES string of the molecule is COC(=O)C[C@@H](C(C)C)N(O[Si](C)(C)C(C)(C)C)O[Si](C)(C)C(C)(C)C. The van der Waals surface area contributed by atoms with Crippen LogP contribution >= 0.6 is 0 Å². The molecule has 0 aliphatic carbocycles. The number of methoxy groups -OCH3 is 1. The first kappa shape index (κ1) is 25.8. The molecule has 0 aliphatic heterocycles. The van der Waals surface area contributed by atoms with Gasteiger partial charge in [-0.2, -0.15) is 0 Å². The lowest BCUT2D eigenvalue weighted by Gasteiger charge is -2.47. The first-order valence-electron chi connectivity index (χ1n) is 9.60. The first-order valence-corrected chi connectivity index (χ1v) is 15.4. The molecule has 0 bridgehead atoms. The third-order valence-corrected chi connectivity index (χ3v) is 14.4. The van der Waals surface area contributed by atoms with Crippen LogP contribution in [-0.4, -0.2) is 41.0 Å². The Labute approximate surface area is 163 Å². The summed E-state index contributed by atoms with van der Waals surface area (Å²) in [7, 11) is -2.83. The predicted octanol–water partition coefficient (Wildman–Crippen LogP) is 5.75. The smallest absolute Gasteiger partial charge is 0.307 e. The highest BCUT2D eigenvalue weighted by Gasteiger charge is 2.46. The first-order chi connectivity index (χ1) is 11.4. The van der Waals surface area contributed by atoms with Gasteiger partial charge in [0.25, 0.3) is 0 Å². The molecule has 26 heavy (non-hydrogen) atoms. The molecule has 7 heteroatoms. The number of esters is 1. The van der Waals surface area contributed by atoms with Crippen molar-refractivity contribution in [1.82, 2.24) is 5.23 Å². The molecule has 0 amide bonds. The van der Waals surface area contributed by atoms with Crippen LogP contribution in [0.15, 0.2) is 0 Å². The van der Waals surface area contributed by atoms with Crippen molar-refractivity contribution < 1.29 is 18.6 Å². The van der Waals surface area contributed by atoms with Crippen molar-refractivity contribution in [2.45, 2.75) is 104 Å². The molecule has 0 aromatic carbocycles. The van der Waals surface area contributed by atoms with Gasteiger partial charge in [0.05, 0.1) is 19.6 Å². The summed E-state index contributed by atoms with van der Waals surface area (Å²) in [6, 6.07) is -0.189. The number of carbonyl (C=O) groups excluding carboxylic acids is 1. The average molecular weight is 406 g/mol. The van der Waals surface area contributed by atoms with Gasteiger partial charge in [-0.05, 0) is 42.2 Å². The Morgan fingerprint density at radius 1 is 0.885 bits per heavy atom. The van der Waals surface area contributed by atoms with Gasteiger partial charge in [0, 0.05) is 0 Å². The van der Waals surface area contributed by atoms with Gasteiger partial charge in [0.1, 0.15) is 0 Å². The van der Waals surface area contributed by atoms with E-state index in [-0.39, 0.29) is 34.4 Å². The summed E-state index contributed by atoms with van der Waals surface area (Å²) in [5, 5.41) is 1.76. The highest BCUT2D eigenvalue weighted by atomic mass is 28.4. The topological polar surface area (TPSA) is 48.0 Å². The third kappa shape index (κ3) is 7.07. The average Bonchev–Trinajstić information content (AvgIpc) is 2.40. The molecule has 0 rings (SSSR count). The van der Waals surface area contributed by atoms with Gasteiger partial charge in [-0.25, -0.2) is 0 Å². The number of nitrogens with zero attached hydrogens (tertiary/aromatic N) is 1. The molecule has 156 valence electrons. The van der Waals surface area contributed by atoms with Crippen molar-refractivity contribution in [2.24, 2.45) is 5.92 Å². The summed E-state index contributed by atoms with van der Waals surface area (Å²) in [6.45, 7) is 26.2. The zero-order valence-corrected chi connectivity index (χ0v) is 21.4. The molecule has 0 spiro atoms. The molecular formula is C19H43NO4Si2. The van der Waals surface area contributed by atoms with Crippen LogP contribution in [0.4, 0.5) is 0 Å². The van der Waals surface area contributed by atoms with Crippen LogP contribution in [-0.2, 0) is 18.6 Å². The Kier molecular flexibility index (Phi) is 8.78. The maximum Gasteiger partial charge on any atom is 0.307 e. The normalized spacial score (nSPS) is 15.5. The van der Waals surface area contributed by atoms with Crippen LogP contribution in [0.3, 0.4) is 0 Å². The van der Waals surface area contributed by atoms with E-state index in [1.165, 1.54) is 7.11 Å². The van der Waals surface area contributed by atoms with Crippen molar-refractivity contribution in [3.8, 4) is 0 Å². The van der Waals surface area contributed by atoms with Crippen LogP contribution in [0, 0.1) is 5.92 Å². The van der Waals surface area contributed by atoms with Crippen LogP contribution < -0.4 is 0 Å². The van der Waals surface area contributed by atoms with E-state index in [4.69, 9.17) is 13.8 Å². The molecule has 0 radical (unpaired) electrons. The van der Waals surface area contributed by atoms with E-state index in [9.17, 15) is 4.79 Å². The standard InChI is InChI=1S/C19H43NO4Si2/c1-15(2)16(14-17(21)22-9)20(23-25(10,11)18(3,4)5)24-26(12,13)19(6,7)8/h15-16H,14H2,1-13H3/t16-/m0/s1. The number of hydrogen-bond acceptors (Lipinski definition) is 5.